The summed E-state index contributed by atoms with van der Waals surface area (Å²) in [5.41, 5.74) is 2.85. The van der Waals surface area contributed by atoms with Gasteiger partial charge in [-0.2, -0.15) is 4.31 Å². The number of aromatic nitrogens is 2. The Morgan fingerprint density at radius 3 is 2.44 bits per heavy atom. The van der Waals surface area contributed by atoms with E-state index >= 15 is 0 Å². The summed E-state index contributed by atoms with van der Waals surface area (Å²) < 4.78 is 33.5. The minimum absolute atomic E-state index is 0.195. The first-order valence-electron chi connectivity index (χ1n) is 12.0. The molecule has 3 aromatic carbocycles. The highest BCUT2D eigenvalue weighted by atomic mass is 32.2. The molecule has 0 aliphatic carbocycles. The van der Waals surface area contributed by atoms with Crippen LogP contribution in [0.1, 0.15) is 41.9 Å². The van der Waals surface area contributed by atoms with Crippen LogP contribution in [0.25, 0.3) is 11.0 Å². The van der Waals surface area contributed by atoms with E-state index in [1.54, 1.807) is 36.4 Å². The molecule has 1 aromatic heterocycles. The Labute approximate surface area is 210 Å². The highest BCUT2D eigenvalue weighted by Gasteiger charge is 2.31. The molecule has 1 aliphatic rings. The molecule has 0 spiro atoms. The third-order valence-corrected chi connectivity index (χ3v) is 8.34. The first kappa shape index (κ1) is 24.0. The molecule has 0 unspecified atom stereocenters. The zero-order valence-electron chi connectivity index (χ0n) is 20.0. The number of fused-ring (bicyclic) bond motifs is 1. The molecule has 2 N–H and O–H groups in total. The number of carbonyl (C=O) groups is 1. The summed E-state index contributed by atoms with van der Waals surface area (Å²) in [5, 5.41) is 2.81. The number of carbonyl (C=O) groups excluding carboxylic acids is 1. The SMILES string of the molecule is CCOc1ccccc1C(=O)Nc1ccc(S(=O)(=O)N2CCC(c3nc4ccccc4[nH]3)CC2)cc1. The zero-order valence-corrected chi connectivity index (χ0v) is 20.8. The molecular weight excluding hydrogens is 476 g/mol. The van der Waals surface area contributed by atoms with E-state index in [0.29, 0.717) is 49.5 Å². The number of nitrogens with zero attached hydrogens (tertiary/aromatic N) is 2. The third kappa shape index (κ3) is 4.84. The van der Waals surface area contributed by atoms with Gasteiger partial charge in [-0.15, -0.1) is 0 Å². The number of aromatic amines is 1. The molecule has 1 amide bonds. The van der Waals surface area contributed by atoms with Crippen LogP contribution in [0.5, 0.6) is 5.75 Å². The van der Waals surface area contributed by atoms with Crippen molar-refractivity contribution in [2.45, 2.75) is 30.6 Å². The number of anilines is 1. The maximum atomic E-state index is 13.2. The Morgan fingerprint density at radius 2 is 1.72 bits per heavy atom. The number of rotatable bonds is 7. The maximum Gasteiger partial charge on any atom is 0.259 e. The van der Waals surface area contributed by atoms with Gasteiger partial charge in [0.15, 0.2) is 0 Å². The lowest BCUT2D eigenvalue weighted by Crippen LogP contribution is -2.38. The molecule has 2 heterocycles. The number of sulfonamides is 1. The molecule has 36 heavy (non-hydrogen) atoms. The second kappa shape index (κ2) is 10.1. The second-order valence-electron chi connectivity index (χ2n) is 8.73. The van der Waals surface area contributed by atoms with Gasteiger partial charge in [-0.05, 0) is 68.3 Å². The number of para-hydroxylation sites is 3. The van der Waals surface area contributed by atoms with Crippen LogP contribution in [-0.4, -0.2) is 48.3 Å². The topological polar surface area (TPSA) is 104 Å². The van der Waals surface area contributed by atoms with Crippen molar-refractivity contribution in [2.75, 3.05) is 25.0 Å². The number of amides is 1. The van der Waals surface area contributed by atoms with Gasteiger partial charge in [0, 0.05) is 24.7 Å². The molecule has 0 saturated carbocycles. The van der Waals surface area contributed by atoms with E-state index in [1.165, 1.54) is 16.4 Å². The minimum Gasteiger partial charge on any atom is -0.493 e. The Balaban J connectivity index is 1.23. The van der Waals surface area contributed by atoms with E-state index < -0.39 is 10.0 Å². The first-order valence-corrected chi connectivity index (χ1v) is 13.5. The lowest BCUT2D eigenvalue weighted by atomic mass is 9.97. The lowest BCUT2D eigenvalue weighted by Gasteiger charge is -2.30. The molecule has 1 aliphatic heterocycles. The number of H-pyrrole nitrogens is 1. The summed E-state index contributed by atoms with van der Waals surface area (Å²) in [6.07, 6.45) is 1.40. The molecule has 1 fully saturated rings. The summed E-state index contributed by atoms with van der Waals surface area (Å²) in [7, 11) is -3.63. The quantitative estimate of drug-likeness (QED) is 0.377. The Bertz CT molecular complexity index is 1440. The van der Waals surface area contributed by atoms with Gasteiger partial charge in [0.25, 0.3) is 5.91 Å². The van der Waals surface area contributed by atoms with Gasteiger partial charge in [-0.1, -0.05) is 24.3 Å². The van der Waals surface area contributed by atoms with Gasteiger partial charge in [0.2, 0.25) is 10.0 Å². The molecule has 9 heteroatoms. The van der Waals surface area contributed by atoms with Crippen LogP contribution >= 0.6 is 0 Å². The van der Waals surface area contributed by atoms with Crippen molar-refractivity contribution in [1.82, 2.24) is 14.3 Å². The normalized spacial score (nSPS) is 15.1. The fraction of sp³-hybridized carbons (Fsp3) is 0.259. The fourth-order valence-electron chi connectivity index (χ4n) is 4.53. The summed E-state index contributed by atoms with van der Waals surface area (Å²) in [6, 6.07) is 21.2. The number of nitrogens with one attached hydrogen (secondary N) is 2. The largest absolute Gasteiger partial charge is 0.493 e. The van der Waals surface area contributed by atoms with Gasteiger partial charge < -0.3 is 15.0 Å². The van der Waals surface area contributed by atoms with E-state index in [9.17, 15) is 13.2 Å². The van der Waals surface area contributed by atoms with Crippen LogP contribution in [0.3, 0.4) is 0 Å². The standard InChI is InChI=1S/C27H28N4O4S/c1-2-35-25-10-6-3-7-22(25)27(32)28-20-11-13-21(14-12-20)36(33,34)31-17-15-19(16-18-31)26-29-23-8-4-5-9-24(23)30-26/h3-14,19H,2,15-18H2,1H3,(H,28,32)(H,29,30). The van der Waals surface area contributed by atoms with Gasteiger partial charge in [0.1, 0.15) is 11.6 Å². The van der Waals surface area contributed by atoms with E-state index in [-0.39, 0.29) is 16.7 Å². The smallest absolute Gasteiger partial charge is 0.259 e. The molecule has 5 rings (SSSR count). The van der Waals surface area contributed by atoms with Crippen molar-refractivity contribution in [3.05, 3.63) is 84.2 Å². The summed E-state index contributed by atoms with van der Waals surface area (Å²) in [6.45, 7) is 3.16. The molecule has 0 bridgehead atoms. The van der Waals surface area contributed by atoms with E-state index in [2.05, 4.69) is 15.3 Å². The molecule has 1 saturated heterocycles. The van der Waals surface area contributed by atoms with Crippen LogP contribution in [-0.2, 0) is 10.0 Å². The Hall–Kier alpha value is -3.69. The second-order valence-corrected chi connectivity index (χ2v) is 10.7. The number of imidazole rings is 1. The van der Waals surface area contributed by atoms with Crippen molar-refractivity contribution in [3.8, 4) is 5.75 Å². The van der Waals surface area contributed by atoms with Gasteiger partial charge in [-0.3, -0.25) is 4.79 Å². The average Bonchev–Trinajstić information content (AvgIpc) is 3.34. The number of ether oxygens (including phenoxy) is 1. The van der Waals surface area contributed by atoms with Crippen LogP contribution in [0, 0.1) is 0 Å². The van der Waals surface area contributed by atoms with Gasteiger partial charge >= 0.3 is 0 Å². The minimum atomic E-state index is -3.63. The highest BCUT2D eigenvalue weighted by molar-refractivity contribution is 7.89. The van der Waals surface area contributed by atoms with Crippen molar-refractivity contribution in [2.24, 2.45) is 0 Å². The van der Waals surface area contributed by atoms with Crippen LogP contribution < -0.4 is 10.1 Å². The van der Waals surface area contributed by atoms with E-state index in [0.717, 1.165) is 16.9 Å². The van der Waals surface area contributed by atoms with E-state index in [4.69, 9.17) is 4.74 Å². The van der Waals surface area contributed by atoms with Crippen molar-refractivity contribution in [3.63, 3.8) is 0 Å². The molecule has 8 nitrogen and oxygen atoms in total. The van der Waals surface area contributed by atoms with Crippen molar-refractivity contribution >= 4 is 32.7 Å². The lowest BCUT2D eigenvalue weighted by molar-refractivity contribution is 0.102. The Morgan fingerprint density at radius 1 is 1.03 bits per heavy atom. The summed E-state index contributed by atoms with van der Waals surface area (Å²) >= 11 is 0. The fourth-order valence-corrected chi connectivity index (χ4v) is 6.00. The van der Waals surface area contributed by atoms with Gasteiger partial charge in [-0.25, -0.2) is 13.4 Å². The number of hydrogen-bond acceptors (Lipinski definition) is 5. The highest BCUT2D eigenvalue weighted by Crippen LogP contribution is 2.31. The molecule has 0 radical (unpaired) electrons. The monoisotopic (exact) mass is 504 g/mol. The molecular formula is C27H28N4O4S. The van der Waals surface area contributed by atoms with Crippen LogP contribution in [0.15, 0.2) is 77.7 Å². The zero-order chi connectivity index (χ0) is 25.1. The molecule has 4 aromatic rings. The molecule has 186 valence electrons. The third-order valence-electron chi connectivity index (χ3n) is 6.43. The van der Waals surface area contributed by atoms with Crippen molar-refractivity contribution < 1.29 is 17.9 Å². The van der Waals surface area contributed by atoms with Crippen molar-refractivity contribution in [1.29, 1.82) is 0 Å². The number of hydrogen-bond donors (Lipinski definition) is 2. The number of piperidine rings is 1. The summed E-state index contributed by atoms with van der Waals surface area (Å²) in [5.74, 6) is 1.30. The maximum absolute atomic E-state index is 13.2. The Kier molecular flexibility index (Phi) is 6.75. The van der Waals surface area contributed by atoms with Gasteiger partial charge in [0.05, 0.1) is 28.1 Å². The number of benzene rings is 3. The average molecular weight is 505 g/mol. The van der Waals surface area contributed by atoms with E-state index in [1.807, 2.05) is 31.2 Å². The first-order chi connectivity index (χ1) is 17.5. The summed E-state index contributed by atoms with van der Waals surface area (Å²) in [4.78, 5) is 21.0. The predicted molar refractivity (Wildman–Crippen MR) is 139 cm³/mol. The predicted octanol–water partition coefficient (Wildman–Crippen LogP) is 4.78. The molecule has 0 atom stereocenters. The van der Waals surface area contributed by atoms with Crippen LogP contribution in [0.2, 0.25) is 0 Å². The van der Waals surface area contributed by atoms with Crippen LogP contribution in [0.4, 0.5) is 5.69 Å².